The van der Waals surface area contributed by atoms with Crippen LogP contribution in [-0.2, 0) is 4.79 Å². The fourth-order valence-electron chi connectivity index (χ4n) is 1.49. The third-order valence-electron chi connectivity index (χ3n) is 2.54. The number of amides is 2. The first-order valence-corrected chi connectivity index (χ1v) is 6.89. The molecule has 1 aromatic carbocycles. The minimum absolute atomic E-state index is 0.300. The maximum absolute atomic E-state index is 11.7. The highest BCUT2D eigenvalue weighted by atomic mass is 32.1. The lowest BCUT2D eigenvalue weighted by Crippen LogP contribution is -2.43. The van der Waals surface area contributed by atoms with Crippen molar-refractivity contribution in [2.75, 3.05) is 6.61 Å². The molecule has 2 amide bonds. The lowest BCUT2D eigenvalue weighted by molar-refractivity contribution is -0.123. The minimum atomic E-state index is -0.559. The van der Waals surface area contributed by atoms with Crippen LogP contribution in [0.3, 0.4) is 0 Å². The highest BCUT2D eigenvalue weighted by Crippen LogP contribution is 2.16. The number of benzene rings is 1. The molecule has 1 aromatic heterocycles. The molecule has 1 heterocycles. The number of carbonyl (C=O) groups excluding carboxylic acids is 2. The van der Waals surface area contributed by atoms with Crippen LogP contribution in [0.1, 0.15) is 20.9 Å². The third kappa shape index (κ3) is 3.77. The van der Waals surface area contributed by atoms with Crippen molar-refractivity contribution in [3.8, 4) is 11.8 Å². The Morgan fingerprint density at radius 2 is 2.14 bits per heavy atom. The third-order valence-corrected chi connectivity index (χ3v) is 3.37. The molecular formula is C13H11N5O3S. The van der Waals surface area contributed by atoms with E-state index in [0.717, 1.165) is 11.5 Å². The van der Waals surface area contributed by atoms with E-state index in [1.807, 2.05) is 6.07 Å². The molecule has 0 spiro atoms. The van der Waals surface area contributed by atoms with Crippen LogP contribution in [-0.4, -0.2) is 28.0 Å². The Kier molecular flexibility index (Phi) is 5.00. The predicted octanol–water partition coefficient (Wildman–Crippen LogP) is 0.558. The monoisotopic (exact) mass is 317 g/mol. The predicted molar refractivity (Wildman–Crippen MR) is 76.9 cm³/mol. The van der Waals surface area contributed by atoms with E-state index < -0.39 is 11.8 Å². The van der Waals surface area contributed by atoms with Crippen molar-refractivity contribution in [3.63, 3.8) is 0 Å². The van der Waals surface area contributed by atoms with Gasteiger partial charge in [0.15, 0.2) is 6.61 Å². The van der Waals surface area contributed by atoms with Gasteiger partial charge in [0.1, 0.15) is 16.7 Å². The quantitative estimate of drug-likeness (QED) is 0.796. The van der Waals surface area contributed by atoms with E-state index in [9.17, 15) is 9.59 Å². The van der Waals surface area contributed by atoms with E-state index in [4.69, 9.17) is 10.00 Å². The molecule has 0 aliphatic carbocycles. The van der Waals surface area contributed by atoms with E-state index in [2.05, 4.69) is 20.4 Å². The molecule has 9 heteroatoms. The van der Waals surface area contributed by atoms with Crippen LogP contribution in [0.2, 0.25) is 0 Å². The van der Waals surface area contributed by atoms with Gasteiger partial charge in [0, 0.05) is 0 Å². The minimum Gasteiger partial charge on any atom is -0.482 e. The van der Waals surface area contributed by atoms with Crippen molar-refractivity contribution in [2.24, 2.45) is 0 Å². The van der Waals surface area contributed by atoms with Crippen molar-refractivity contribution >= 4 is 23.3 Å². The summed E-state index contributed by atoms with van der Waals surface area (Å²) in [5.74, 6) is -0.761. The second-order valence-electron chi connectivity index (χ2n) is 4.09. The average molecular weight is 317 g/mol. The molecule has 8 nitrogen and oxygen atoms in total. The van der Waals surface area contributed by atoms with Crippen LogP contribution < -0.4 is 15.6 Å². The zero-order valence-corrected chi connectivity index (χ0v) is 12.3. The van der Waals surface area contributed by atoms with E-state index in [0.29, 0.717) is 21.9 Å². The SMILES string of the molecule is Cc1nnsc1C(=O)NNC(=O)COc1ccccc1C#N. The number of carbonyl (C=O) groups is 2. The van der Waals surface area contributed by atoms with Gasteiger partial charge in [-0.15, -0.1) is 5.10 Å². The van der Waals surface area contributed by atoms with Crippen LogP contribution in [0.4, 0.5) is 0 Å². The first-order valence-electron chi connectivity index (χ1n) is 6.12. The molecule has 2 N–H and O–H groups in total. The number of hydrogen-bond donors (Lipinski definition) is 2. The molecule has 0 atom stereocenters. The average Bonchev–Trinajstić information content (AvgIpc) is 2.97. The zero-order chi connectivity index (χ0) is 15.9. The Bertz CT molecular complexity index is 737. The number of ether oxygens (including phenoxy) is 1. The van der Waals surface area contributed by atoms with Crippen molar-refractivity contribution in [2.45, 2.75) is 6.92 Å². The van der Waals surface area contributed by atoms with Gasteiger partial charge in [-0.3, -0.25) is 20.4 Å². The second-order valence-corrected chi connectivity index (χ2v) is 4.84. The maximum atomic E-state index is 11.7. The Hall–Kier alpha value is -2.99. The van der Waals surface area contributed by atoms with Gasteiger partial charge in [-0.2, -0.15) is 5.26 Å². The fraction of sp³-hybridized carbons (Fsp3) is 0.154. The van der Waals surface area contributed by atoms with Gasteiger partial charge < -0.3 is 4.74 Å². The first kappa shape index (κ1) is 15.4. The molecule has 0 aliphatic heterocycles. The van der Waals surface area contributed by atoms with Gasteiger partial charge in [0.2, 0.25) is 0 Å². The number of aryl methyl sites for hydroxylation is 1. The Labute approximate surface area is 129 Å². The van der Waals surface area contributed by atoms with Gasteiger partial charge in [-0.25, -0.2) is 0 Å². The van der Waals surface area contributed by atoms with Crippen LogP contribution in [0.25, 0.3) is 0 Å². The summed E-state index contributed by atoms with van der Waals surface area (Å²) in [6, 6.07) is 8.49. The first-order chi connectivity index (χ1) is 10.6. The Morgan fingerprint density at radius 1 is 1.36 bits per heavy atom. The number of aromatic nitrogens is 2. The highest BCUT2D eigenvalue weighted by molar-refractivity contribution is 7.07. The largest absolute Gasteiger partial charge is 0.482 e. The summed E-state index contributed by atoms with van der Waals surface area (Å²) in [7, 11) is 0. The van der Waals surface area contributed by atoms with Gasteiger partial charge in [0.05, 0.1) is 11.3 Å². The maximum Gasteiger partial charge on any atom is 0.283 e. The van der Waals surface area contributed by atoms with Gasteiger partial charge in [0.25, 0.3) is 11.8 Å². The molecule has 0 unspecified atom stereocenters. The van der Waals surface area contributed by atoms with Crippen molar-refractivity contribution < 1.29 is 14.3 Å². The molecular weight excluding hydrogens is 306 g/mol. The van der Waals surface area contributed by atoms with E-state index in [-0.39, 0.29) is 6.61 Å². The Morgan fingerprint density at radius 3 is 2.82 bits per heavy atom. The van der Waals surface area contributed by atoms with Crippen molar-refractivity contribution in [1.29, 1.82) is 5.26 Å². The lowest BCUT2D eigenvalue weighted by atomic mass is 10.2. The summed E-state index contributed by atoms with van der Waals surface area (Å²) < 4.78 is 8.86. The zero-order valence-electron chi connectivity index (χ0n) is 11.5. The van der Waals surface area contributed by atoms with E-state index >= 15 is 0 Å². The lowest BCUT2D eigenvalue weighted by Gasteiger charge is -2.09. The normalized spacial score (nSPS) is 9.64. The summed E-state index contributed by atoms with van der Waals surface area (Å²) in [4.78, 5) is 23.7. The van der Waals surface area contributed by atoms with E-state index in [1.165, 1.54) is 0 Å². The van der Waals surface area contributed by atoms with Gasteiger partial charge >= 0.3 is 0 Å². The molecule has 0 saturated carbocycles. The molecule has 0 saturated heterocycles. The summed E-state index contributed by atoms with van der Waals surface area (Å²) in [5, 5.41) is 12.6. The summed E-state index contributed by atoms with van der Waals surface area (Å²) in [5.41, 5.74) is 5.25. The summed E-state index contributed by atoms with van der Waals surface area (Å²) >= 11 is 0.933. The molecule has 112 valence electrons. The van der Waals surface area contributed by atoms with Crippen molar-refractivity contribution in [3.05, 3.63) is 40.4 Å². The molecule has 0 aliphatic rings. The van der Waals surface area contributed by atoms with Crippen LogP contribution in [0, 0.1) is 18.3 Å². The van der Waals surface area contributed by atoms with Crippen LogP contribution >= 0.6 is 11.5 Å². The number of nitrogens with one attached hydrogen (secondary N) is 2. The number of para-hydroxylation sites is 1. The molecule has 22 heavy (non-hydrogen) atoms. The standard InChI is InChI=1S/C13H11N5O3S/c1-8-12(22-18-15-8)13(20)17-16-11(19)7-21-10-5-3-2-4-9(10)6-14/h2-5H,7H2,1H3,(H,16,19)(H,17,20). The number of nitrogens with zero attached hydrogens (tertiary/aromatic N) is 3. The van der Waals surface area contributed by atoms with Crippen LogP contribution in [0.15, 0.2) is 24.3 Å². The van der Waals surface area contributed by atoms with Crippen molar-refractivity contribution in [1.82, 2.24) is 20.4 Å². The summed E-state index contributed by atoms with van der Waals surface area (Å²) in [6.07, 6.45) is 0. The number of nitriles is 1. The van der Waals surface area contributed by atoms with Gasteiger partial charge in [-0.1, -0.05) is 16.6 Å². The topological polar surface area (TPSA) is 117 Å². The number of hydrazine groups is 1. The van der Waals surface area contributed by atoms with E-state index in [1.54, 1.807) is 31.2 Å². The summed E-state index contributed by atoms with van der Waals surface area (Å²) in [6.45, 7) is 1.31. The van der Waals surface area contributed by atoms with Crippen LogP contribution in [0.5, 0.6) is 5.75 Å². The fourth-order valence-corrected chi connectivity index (χ4v) is 2.04. The van der Waals surface area contributed by atoms with Gasteiger partial charge in [-0.05, 0) is 30.6 Å². The number of hydrogen-bond acceptors (Lipinski definition) is 7. The molecule has 0 bridgehead atoms. The molecule has 0 fully saturated rings. The molecule has 2 rings (SSSR count). The molecule has 2 aromatic rings. The Balaban J connectivity index is 1.83. The number of rotatable bonds is 4. The second kappa shape index (κ2) is 7.14. The smallest absolute Gasteiger partial charge is 0.283 e. The molecule has 0 radical (unpaired) electrons. The highest BCUT2D eigenvalue weighted by Gasteiger charge is 2.14.